The Balaban J connectivity index is 2.67. The predicted molar refractivity (Wildman–Crippen MR) is 88.5 cm³/mol. The molecular formula is C15H11ClF5N3OS. The fourth-order valence-electron chi connectivity index (χ4n) is 2.14. The topological polar surface area (TPSA) is 38.1 Å². The first-order valence-corrected chi connectivity index (χ1v) is 8.34. The number of hydrogen-bond acceptors (Lipinski definition) is 3. The van der Waals surface area contributed by atoms with Crippen LogP contribution in [0.15, 0.2) is 34.8 Å². The van der Waals surface area contributed by atoms with Crippen LogP contribution < -0.4 is 4.90 Å². The van der Waals surface area contributed by atoms with Crippen molar-refractivity contribution in [1.82, 2.24) is 9.78 Å². The third-order valence-electron chi connectivity index (χ3n) is 3.16. The number of amides is 1. The second-order valence-corrected chi connectivity index (χ2v) is 6.13. The van der Waals surface area contributed by atoms with Gasteiger partial charge in [0.25, 0.3) is 0 Å². The van der Waals surface area contributed by atoms with E-state index in [0.29, 0.717) is 11.0 Å². The summed E-state index contributed by atoms with van der Waals surface area (Å²) < 4.78 is 68.3. The van der Waals surface area contributed by atoms with E-state index in [-0.39, 0.29) is 17.2 Å². The van der Waals surface area contributed by atoms with E-state index < -0.39 is 34.9 Å². The zero-order chi connectivity index (χ0) is 19.5. The van der Waals surface area contributed by atoms with Crippen molar-refractivity contribution in [3.8, 4) is 0 Å². The average Bonchev–Trinajstić information content (AvgIpc) is 2.88. The maximum atomic E-state index is 14.1. The second-order valence-electron chi connectivity index (χ2n) is 4.87. The van der Waals surface area contributed by atoms with Crippen LogP contribution >= 0.6 is 23.4 Å². The average molecular weight is 412 g/mol. The van der Waals surface area contributed by atoms with Crippen LogP contribution in [0.2, 0.25) is 0 Å². The van der Waals surface area contributed by atoms with Crippen LogP contribution in [0.3, 0.4) is 0 Å². The summed E-state index contributed by atoms with van der Waals surface area (Å²) in [4.78, 5) is 12.0. The fourth-order valence-corrected chi connectivity index (χ4v) is 3.24. The Hall–Kier alpha value is -2.07. The molecule has 0 aliphatic carbocycles. The summed E-state index contributed by atoms with van der Waals surface area (Å²) in [5.41, 5.74) is -1.36. The Morgan fingerprint density at radius 1 is 1.35 bits per heavy atom. The molecule has 0 atom stereocenters. The standard InChI is InChI=1S/C15H11ClF5N3OS/c1-23-14(26-6-2-5-16)12(13(22-23)15(19,20)21)24(8-25)11-4-3-9(17)7-10(11)18/h2-5,7-8H,6H2,1H3. The van der Waals surface area contributed by atoms with Gasteiger partial charge >= 0.3 is 6.18 Å². The number of benzene rings is 1. The van der Waals surface area contributed by atoms with Crippen molar-refractivity contribution < 1.29 is 26.7 Å². The van der Waals surface area contributed by atoms with Crippen molar-refractivity contribution in [1.29, 1.82) is 0 Å². The molecule has 0 radical (unpaired) electrons. The first-order chi connectivity index (χ1) is 12.2. The number of thioether (sulfide) groups is 1. The fraction of sp³-hybridized carbons (Fsp3) is 0.200. The number of rotatable bonds is 6. The zero-order valence-corrected chi connectivity index (χ0v) is 14.7. The van der Waals surface area contributed by atoms with Gasteiger partial charge in [0.1, 0.15) is 22.3 Å². The van der Waals surface area contributed by atoms with E-state index in [1.165, 1.54) is 18.7 Å². The summed E-state index contributed by atoms with van der Waals surface area (Å²) in [6, 6.07) is 2.18. The van der Waals surface area contributed by atoms with Crippen molar-refractivity contribution >= 4 is 41.1 Å². The summed E-state index contributed by atoms with van der Waals surface area (Å²) >= 11 is 6.31. The molecule has 0 aliphatic heterocycles. The molecule has 0 N–H and O–H groups in total. The lowest BCUT2D eigenvalue weighted by atomic mass is 10.2. The van der Waals surface area contributed by atoms with Gasteiger partial charge in [-0.15, -0.1) is 11.8 Å². The summed E-state index contributed by atoms with van der Waals surface area (Å²) in [5, 5.41) is 3.38. The molecule has 4 nitrogen and oxygen atoms in total. The number of aromatic nitrogens is 2. The van der Waals surface area contributed by atoms with Gasteiger partial charge in [0.2, 0.25) is 6.41 Å². The van der Waals surface area contributed by atoms with E-state index in [2.05, 4.69) is 5.10 Å². The van der Waals surface area contributed by atoms with E-state index in [1.807, 2.05) is 0 Å². The Labute approximate surface area is 154 Å². The van der Waals surface area contributed by atoms with Crippen LogP contribution in [0.4, 0.5) is 33.3 Å². The minimum Gasteiger partial charge on any atom is -0.278 e. The van der Waals surface area contributed by atoms with E-state index in [9.17, 15) is 26.7 Å². The maximum Gasteiger partial charge on any atom is 0.437 e. The number of anilines is 2. The van der Waals surface area contributed by atoms with Crippen LogP contribution in [-0.4, -0.2) is 21.9 Å². The maximum absolute atomic E-state index is 14.1. The zero-order valence-electron chi connectivity index (χ0n) is 13.1. The lowest BCUT2D eigenvalue weighted by Crippen LogP contribution is -2.20. The highest BCUT2D eigenvalue weighted by atomic mass is 35.5. The molecule has 1 amide bonds. The Bertz CT molecular complexity index is 837. The van der Waals surface area contributed by atoms with Crippen molar-refractivity contribution in [3.05, 3.63) is 47.1 Å². The third kappa shape index (κ3) is 4.18. The quantitative estimate of drug-likeness (QED) is 0.387. The minimum atomic E-state index is -4.90. The third-order valence-corrected chi connectivity index (χ3v) is 4.43. The molecule has 0 saturated carbocycles. The summed E-state index contributed by atoms with van der Waals surface area (Å²) in [6.07, 6.45) is -3.41. The van der Waals surface area contributed by atoms with Gasteiger partial charge in [0.05, 0.1) is 5.69 Å². The molecule has 1 aromatic heterocycles. The SMILES string of the molecule is Cn1nc(C(F)(F)F)c(N(C=O)c2ccc(F)cc2F)c1SCC=CCl. The van der Waals surface area contributed by atoms with E-state index in [4.69, 9.17) is 11.6 Å². The van der Waals surface area contributed by atoms with Crippen LogP contribution in [0.1, 0.15) is 5.69 Å². The van der Waals surface area contributed by atoms with E-state index in [0.717, 1.165) is 28.6 Å². The smallest absolute Gasteiger partial charge is 0.278 e. The Morgan fingerprint density at radius 2 is 2.04 bits per heavy atom. The number of alkyl halides is 3. The lowest BCUT2D eigenvalue weighted by molar-refractivity contribution is -0.140. The van der Waals surface area contributed by atoms with Crippen molar-refractivity contribution in [3.63, 3.8) is 0 Å². The molecule has 0 aliphatic rings. The van der Waals surface area contributed by atoms with Crippen LogP contribution in [0.25, 0.3) is 0 Å². The molecule has 2 rings (SSSR count). The monoisotopic (exact) mass is 411 g/mol. The second kappa shape index (κ2) is 8.09. The van der Waals surface area contributed by atoms with Gasteiger partial charge in [-0.05, 0) is 12.1 Å². The van der Waals surface area contributed by atoms with Gasteiger partial charge in [-0.3, -0.25) is 14.4 Å². The number of aryl methyl sites for hydroxylation is 1. The molecule has 2 aromatic rings. The predicted octanol–water partition coefficient (Wildman–Crippen LogP) is 4.86. The van der Waals surface area contributed by atoms with Crippen LogP contribution in [-0.2, 0) is 18.0 Å². The number of nitrogens with zero attached hydrogens (tertiary/aromatic N) is 3. The minimum absolute atomic E-state index is 0.0179. The normalized spacial score (nSPS) is 12.0. The molecule has 0 bridgehead atoms. The molecule has 0 spiro atoms. The summed E-state index contributed by atoms with van der Waals surface area (Å²) in [7, 11) is 1.26. The lowest BCUT2D eigenvalue weighted by Gasteiger charge is -2.20. The van der Waals surface area contributed by atoms with Crippen molar-refractivity contribution in [2.75, 3.05) is 10.7 Å². The molecule has 11 heteroatoms. The van der Waals surface area contributed by atoms with Gasteiger partial charge in [0, 0.05) is 24.4 Å². The summed E-state index contributed by atoms with van der Waals surface area (Å²) in [5.74, 6) is -1.93. The van der Waals surface area contributed by atoms with Crippen molar-refractivity contribution in [2.24, 2.45) is 7.05 Å². The number of carbonyl (C=O) groups is 1. The first kappa shape index (κ1) is 20.2. The Morgan fingerprint density at radius 3 is 2.58 bits per heavy atom. The molecule has 140 valence electrons. The molecule has 1 heterocycles. The van der Waals surface area contributed by atoms with Crippen LogP contribution in [0.5, 0.6) is 0 Å². The highest BCUT2D eigenvalue weighted by molar-refractivity contribution is 7.99. The molecule has 26 heavy (non-hydrogen) atoms. The van der Waals surface area contributed by atoms with Gasteiger partial charge in [-0.1, -0.05) is 17.7 Å². The number of halogens is 6. The van der Waals surface area contributed by atoms with Crippen LogP contribution in [0, 0.1) is 11.6 Å². The molecule has 1 aromatic carbocycles. The van der Waals surface area contributed by atoms with E-state index >= 15 is 0 Å². The summed E-state index contributed by atoms with van der Waals surface area (Å²) in [6.45, 7) is 0. The largest absolute Gasteiger partial charge is 0.437 e. The van der Waals surface area contributed by atoms with Gasteiger partial charge in [0.15, 0.2) is 5.69 Å². The first-order valence-electron chi connectivity index (χ1n) is 6.92. The number of hydrogen-bond donors (Lipinski definition) is 0. The van der Waals surface area contributed by atoms with Gasteiger partial charge < -0.3 is 0 Å². The van der Waals surface area contributed by atoms with E-state index in [1.54, 1.807) is 0 Å². The van der Waals surface area contributed by atoms with Gasteiger partial charge in [-0.25, -0.2) is 8.78 Å². The molecule has 0 saturated heterocycles. The molecule has 0 unspecified atom stereocenters. The highest BCUT2D eigenvalue weighted by Crippen LogP contribution is 2.44. The number of carbonyl (C=O) groups excluding carboxylic acids is 1. The molecular weight excluding hydrogens is 401 g/mol. The Kier molecular flexibility index (Phi) is 6.30. The molecule has 0 fully saturated rings. The highest BCUT2D eigenvalue weighted by Gasteiger charge is 2.41. The van der Waals surface area contributed by atoms with Crippen molar-refractivity contribution in [2.45, 2.75) is 11.2 Å². The van der Waals surface area contributed by atoms with Gasteiger partial charge in [-0.2, -0.15) is 18.3 Å².